The second-order valence-electron chi connectivity index (χ2n) is 5.46. The zero-order chi connectivity index (χ0) is 13.2. The standard InChI is InChI=1S/C15H21ClO2/c1-4-15(2,3)14(16)11-6-7-12-13(10-11)18-9-5-8-17-12/h6-7,10,14H,4-5,8-9H2,1-3H3. The molecule has 1 aromatic rings. The Morgan fingerprint density at radius 3 is 2.56 bits per heavy atom. The van der Waals surface area contributed by atoms with Crippen LogP contribution in [0, 0.1) is 5.41 Å². The molecule has 0 radical (unpaired) electrons. The third kappa shape index (κ3) is 2.74. The summed E-state index contributed by atoms with van der Waals surface area (Å²) in [6.07, 6.45) is 1.96. The van der Waals surface area contributed by atoms with E-state index in [2.05, 4.69) is 20.8 Å². The van der Waals surface area contributed by atoms with E-state index in [0.717, 1.165) is 36.5 Å². The van der Waals surface area contributed by atoms with Crippen LogP contribution in [0.3, 0.4) is 0 Å². The van der Waals surface area contributed by atoms with Gasteiger partial charge in [-0.05, 0) is 29.5 Å². The molecule has 0 fully saturated rings. The van der Waals surface area contributed by atoms with E-state index >= 15 is 0 Å². The second-order valence-corrected chi connectivity index (χ2v) is 5.90. The largest absolute Gasteiger partial charge is 0.490 e. The molecular weight excluding hydrogens is 248 g/mol. The fourth-order valence-corrected chi connectivity index (χ4v) is 2.26. The topological polar surface area (TPSA) is 18.5 Å². The lowest BCUT2D eigenvalue weighted by molar-refractivity contribution is 0.296. The molecule has 0 aliphatic carbocycles. The molecule has 0 aromatic heterocycles. The van der Waals surface area contributed by atoms with Crippen molar-refractivity contribution in [2.75, 3.05) is 13.2 Å². The molecule has 3 heteroatoms. The Labute approximate surface area is 114 Å². The fourth-order valence-electron chi connectivity index (χ4n) is 1.97. The van der Waals surface area contributed by atoms with Gasteiger partial charge in [0.25, 0.3) is 0 Å². The lowest BCUT2D eigenvalue weighted by Gasteiger charge is -2.29. The van der Waals surface area contributed by atoms with Crippen molar-refractivity contribution < 1.29 is 9.47 Å². The summed E-state index contributed by atoms with van der Waals surface area (Å²) >= 11 is 6.58. The summed E-state index contributed by atoms with van der Waals surface area (Å²) in [5.41, 5.74) is 1.18. The number of rotatable bonds is 3. The van der Waals surface area contributed by atoms with Crippen LogP contribution < -0.4 is 9.47 Å². The van der Waals surface area contributed by atoms with E-state index in [9.17, 15) is 0 Å². The fraction of sp³-hybridized carbons (Fsp3) is 0.600. The van der Waals surface area contributed by atoms with Crippen LogP contribution in [0.25, 0.3) is 0 Å². The Hall–Kier alpha value is -0.890. The molecule has 1 heterocycles. The minimum atomic E-state index is -0.0142. The predicted molar refractivity (Wildman–Crippen MR) is 74.7 cm³/mol. The lowest BCUT2D eigenvalue weighted by atomic mass is 9.83. The third-order valence-electron chi connectivity index (χ3n) is 3.66. The summed E-state index contributed by atoms with van der Waals surface area (Å²) in [5.74, 6) is 1.65. The molecule has 1 aromatic carbocycles. The van der Waals surface area contributed by atoms with Crippen molar-refractivity contribution in [1.29, 1.82) is 0 Å². The number of alkyl halides is 1. The Bertz CT molecular complexity index is 415. The highest BCUT2D eigenvalue weighted by molar-refractivity contribution is 6.21. The maximum Gasteiger partial charge on any atom is 0.161 e. The normalized spacial score (nSPS) is 17.1. The van der Waals surface area contributed by atoms with E-state index in [4.69, 9.17) is 21.1 Å². The summed E-state index contributed by atoms with van der Waals surface area (Å²) in [5, 5.41) is -0.0142. The first-order valence-electron chi connectivity index (χ1n) is 6.58. The van der Waals surface area contributed by atoms with Crippen molar-refractivity contribution >= 4 is 11.6 Å². The molecule has 2 rings (SSSR count). The van der Waals surface area contributed by atoms with Crippen molar-refractivity contribution in [2.24, 2.45) is 5.41 Å². The molecule has 0 saturated carbocycles. The molecule has 100 valence electrons. The van der Waals surface area contributed by atoms with E-state index in [0.29, 0.717) is 6.61 Å². The molecule has 1 aliphatic rings. The van der Waals surface area contributed by atoms with E-state index < -0.39 is 0 Å². The summed E-state index contributed by atoms with van der Waals surface area (Å²) in [6, 6.07) is 6.04. The SMILES string of the molecule is CCC(C)(C)C(Cl)c1ccc2c(c1)OCCCO2. The molecule has 1 atom stereocenters. The number of fused-ring (bicyclic) bond motifs is 1. The quantitative estimate of drug-likeness (QED) is 0.748. The van der Waals surface area contributed by atoms with Crippen LogP contribution >= 0.6 is 11.6 Å². The number of halogens is 1. The molecule has 0 amide bonds. The zero-order valence-corrected chi connectivity index (χ0v) is 12.1. The molecular formula is C15H21ClO2. The van der Waals surface area contributed by atoms with Gasteiger partial charge in [0.15, 0.2) is 11.5 Å². The van der Waals surface area contributed by atoms with Gasteiger partial charge in [0.1, 0.15) is 0 Å². The van der Waals surface area contributed by atoms with Gasteiger partial charge in [-0.25, -0.2) is 0 Å². The second kappa shape index (κ2) is 5.40. The Kier molecular flexibility index (Phi) is 4.06. The zero-order valence-electron chi connectivity index (χ0n) is 11.3. The van der Waals surface area contributed by atoms with E-state index in [1.165, 1.54) is 0 Å². The number of benzene rings is 1. The molecule has 1 unspecified atom stereocenters. The minimum absolute atomic E-state index is 0.0142. The smallest absolute Gasteiger partial charge is 0.161 e. The summed E-state index contributed by atoms with van der Waals surface area (Å²) in [6.45, 7) is 7.97. The van der Waals surface area contributed by atoms with Gasteiger partial charge in [-0.15, -0.1) is 11.6 Å². The highest BCUT2D eigenvalue weighted by Crippen LogP contribution is 2.43. The van der Waals surface area contributed by atoms with Crippen molar-refractivity contribution in [1.82, 2.24) is 0 Å². The molecule has 0 spiro atoms. The minimum Gasteiger partial charge on any atom is -0.490 e. The first-order valence-corrected chi connectivity index (χ1v) is 7.02. The van der Waals surface area contributed by atoms with Gasteiger partial charge in [-0.3, -0.25) is 0 Å². The van der Waals surface area contributed by atoms with E-state index in [-0.39, 0.29) is 10.8 Å². The van der Waals surface area contributed by atoms with Crippen LogP contribution in [0.4, 0.5) is 0 Å². The van der Waals surface area contributed by atoms with Crippen molar-refractivity contribution in [2.45, 2.75) is 39.0 Å². The molecule has 1 aliphatic heterocycles. The summed E-state index contributed by atoms with van der Waals surface area (Å²) < 4.78 is 11.3. The van der Waals surface area contributed by atoms with Gasteiger partial charge in [-0.2, -0.15) is 0 Å². The molecule has 0 bridgehead atoms. The van der Waals surface area contributed by atoms with E-state index in [1.807, 2.05) is 18.2 Å². The highest BCUT2D eigenvalue weighted by atomic mass is 35.5. The summed E-state index contributed by atoms with van der Waals surface area (Å²) in [4.78, 5) is 0. The van der Waals surface area contributed by atoms with Crippen LogP contribution in [0.2, 0.25) is 0 Å². The van der Waals surface area contributed by atoms with Crippen LogP contribution in [-0.4, -0.2) is 13.2 Å². The Balaban J connectivity index is 2.28. The number of ether oxygens (including phenoxy) is 2. The van der Waals surface area contributed by atoms with Gasteiger partial charge in [-0.1, -0.05) is 26.8 Å². The monoisotopic (exact) mass is 268 g/mol. The van der Waals surface area contributed by atoms with Gasteiger partial charge >= 0.3 is 0 Å². The van der Waals surface area contributed by atoms with Gasteiger partial charge in [0.05, 0.1) is 18.6 Å². The molecule has 0 N–H and O–H groups in total. The Morgan fingerprint density at radius 1 is 1.22 bits per heavy atom. The lowest BCUT2D eigenvalue weighted by Crippen LogP contribution is -2.16. The Morgan fingerprint density at radius 2 is 1.89 bits per heavy atom. The van der Waals surface area contributed by atoms with Gasteiger partial charge in [0, 0.05) is 6.42 Å². The van der Waals surface area contributed by atoms with Crippen LogP contribution in [0.1, 0.15) is 44.6 Å². The van der Waals surface area contributed by atoms with Crippen LogP contribution in [-0.2, 0) is 0 Å². The third-order valence-corrected chi connectivity index (χ3v) is 4.50. The average Bonchev–Trinajstić information content (AvgIpc) is 2.62. The van der Waals surface area contributed by atoms with Crippen molar-refractivity contribution in [3.8, 4) is 11.5 Å². The number of hydrogen-bond acceptors (Lipinski definition) is 2. The van der Waals surface area contributed by atoms with Crippen LogP contribution in [0.15, 0.2) is 18.2 Å². The average molecular weight is 269 g/mol. The van der Waals surface area contributed by atoms with Crippen molar-refractivity contribution in [3.63, 3.8) is 0 Å². The summed E-state index contributed by atoms with van der Waals surface area (Å²) in [7, 11) is 0. The van der Waals surface area contributed by atoms with Crippen LogP contribution in [0.5, 0.6) is 11.5 Å². The number of hydrogen-bond donors (Lipinski definition) is 0. The van der Waals surface area contributed by atoms with Crippen molar-refractivity contribution in [3.05, 3.63) is 23.8 Å². The predicted octanol–water partition coefficient (Wildman–Crippen LogP) is 4.56. The molecule has 18 heavy (non-hydrogen) atoms. The maximum absolute atomic E-state index is 6.58. The van der Waals surface area contributed by atoms with Gasteiger partial charge < -0.3 is 9.47 Å². The van der Waals surface area contributed by atoms with Gasteiger partial charge in [0.2, 0.25) is 0 Å². The van der Waals surface area contributed by atoms with E-state index in [1.54, 1.807) is 0 Å². The molecule has 2 nitrogen and oxygen atoms in total. The highest BCUT2D eigenvalue weighted by Gasteiger charge is 2.28. The first kappa shape index (κ1) is 13.5. The molecule has 0 saturated heterocycles. The first-order chi connectivity index (χ1) is 8.54. The maximum atomic E-state index is 6.58.